The van der Waals surface area contributed by atoms with E-state index in [0.29, 0.717) is 0 Å². The van der Waals surface area contributed by atoms with E-state index < -0.39 is 0 Å². The zero-order valence-electron chi connectivity index (χ0n) is 8.63. The number of aryl methyl sites for hydroxylation is 1. The molecular weight excluding hydrogens is 176 g/mol. The summed E-state index contributed by atoms with van der Waals surface area (Å²) in [5.74, 6) is 12.3. The Morgan fingerprint density at radius 3 is 2.93 bits per heavy atom. The number of rotatable bonds is 4. The van der Waals surface area contributed by atoms with Crippen LogP contribution in [0.2, 0.25) is 0 Å². The van der Waals surface area contributed by atoms with Crippen LogP contribution in [-0.2, 0) is 0 Å². The Balaban J connectivity index is 2.61. The van der Waals surface area contributed by atoms with Gasteiger partial charge in [-0.15, -0.1) is 11.8 Å². The first-order valence-electron chi connectivity index (χ1n) is 4.69. The zero-order valence-corrected chi connectivity index (χ0v) is 8.63. The summed E-state index contributed by atoms with van der Waals surface area (Å²) >= 11 is 0. The molecule has 0 amide bonds. The van der Waals surface area contributed by atoms with E-state index >= 15 is 0 Å². The Morgan fingerprint density at radius 1 is 1.64 bits per heavy atom. The smallest absolute Gasteiger partial charge is 0.105 e. The normalized spacial score (nSPS) is 11.9. The summed E-state index contributed by atoms with van der Waals surface area (Å²) in [6.07, 6.45) is 3.42. The molecule has 3 N–H and O–H groups in total. The number of hydrazine groups is 1. The van der Waals surface area contributed by atoms with Crippen molar-refractivity contribution in [3.05, 3.63) is 23.7 Å². The van der Waals surface area contributed by atoms with Crippen molar-refractivity contribution in [2.45, 2.75) is 32.7 Å². The highest BCUT2D eigenvalue weighted by atomic mass is 16.3. The molecule has 1 atom stereocenters. The molecule has 1 aromatic rings. The Labute approximate surface area is 84.6 Å². The third-order valence-corrected chi connectivity index (χ3v) is 2.21. The molecule has 0 aliphatic rings. The monoisotopic (exact) mass is 192 g/mol. The Morgan fingerprint density at radius 2 is 2.43 bits per heavy atom. The van der Waals surface area contributed by atoms with Crippen LogP contribution >= 0.6 is 0 Å². The van der Waals surface area contributed by atoms with Gasteiger partial charge in [0.2, 0.25) is 0 Å². The first kappa shape index (κ1) is 10.8. The first-order chi connectivity index (χ1) is 6.79. The van der Waals surface area contributed by atoms with Gasteiger partial charge in [0.1, 0.15) is 5.76 Å². The van der Waals surface area contributed by atoms with Crippen LogP contribution in [-0.4, -0.2) is 0 Å². The first-order valence-corrected chi connectivity index (χ1v) is 4.69. The molecule has 3 nitrogen and oxygen atoms in total. The summed E-state index contributed by atoms with van der Waals surface area (Å²) in [6, 6.07) is 2.08. The van der Waals surface area contributed by atoms with E-state index in [1.807, 2.05) is 19.9 Å². The van der Waals surface area contributed by atoms with Gasteiger partial charge < -0.3 is 4.42 Å². The summed E-state index contributed by atoms with van der Waals surface area (Å²) in [5.41, 5.74) is 3.89. The number of hydrogen-bond donors (Lipinski definition) is 2. The maximum Gasteiger partial charge on any atom is 0.105 e. The van der Waals surface area contributed by atoms with Crippen molar-refractivity contribution < 1.29 is 4.42 Å². The van der Waals surface area contributed by atoms with Crippen LogP contribution in [0.4, 0.5) is 0 Å². The second-order valence-electron chi connectivity index (χ2n) is 3.12. The summed E-state index contributed by atoms with van der Waals surface area (Å²) in [6.45, 7) is 3.78. The van der Waals surface area contributed by atoms with E-state index in [4.69, 9.17) is 10.3 Å². The minimum atomic E-state index is 0.134. The molecule has 0 bridgehead atoms. The van der Waals surface area contributed by atoms with Gasteiger partial charge in [0.25, 0.3) is 0 Å². The molecule has 0 radical (unpaired) electrons. The van der Waals surface area contributed by atoms with Gasteiger partial charge in [-0.05, 0) is 26.3 Å². The summed E-state index contributed by atoms with van der Waals surface area (Å²) in [4.78, 5) is 0. The Bertz CT molecular complexity index is 333. The average Bonchev–Trinajstić information content (AvgIpc) is 2.60. The van der Waals surface area contributed by atoms with Crippen molar-refractivity contribution >= 4 is 0 Å². The minimum absolute atomic E-state index is 0.134. The Hall–Kier alpha value is -1.24. The van der Waals surface area contributed by atoms with Crippen molar-refractivity contribution in [1.82, 2.24) is 5.43 Å². The summed E-state index contributed by atoms with van der Waals surface area (Å²) in [5, 5.41) is 0. The fraction of sp³-hybridized carbons (Fsp3) is 0.455. The third-order valence-electron chi connectivity index (χ3n) is 2.21. The molecule has 14 heavy (non-hydrogen) atoms. The van der Waals surface area contributed by atoms with Crippen molar-refractivity contribution in [3.8, 4) is 11.8 Å². The third kappa shape index (κ3) is 2.63. The largest absolute Gasteiger partial charge is 0.469 e. The van der Waals surface area contributed by atoms with Gasteiger partial charge in [-0.25, -0.2) is 0 Å². The SMILES string of the molecule is CC#CCCC(NN)c1ccoc1C. The molecule has 1 heterocycles. The van der Waals surface area contributed by atoms with E-state index in [0.717, 1.165) is 24.2 Å². The highest BCUT2D eigenvalue weighted by molar-refractivity contribution is 5.20. The summed E-state index contributed by atoms with van der Waals surface area (Å²) < 4.78 is 5.22. The fourth-order valence-corrected chi connectivity index (χ4v) is 1.43. The van der Waals surface area contributed by atoms with Gasteiger partial charge in [-0.2, -0.15) is 0 Å². The van der Waals surface area contributed by atoms with E-state index in [9.17, 15) is 0 Å². The van der Waals surface area contributed by atoms with Crippen LogP contribution in [0.5, 0.6) is 0 Å². The van der Waals surface area contributed by atoms with E-state index in [2.05, 4.69) is 17.3 Å². The van der Waals surface area contributed by atoms with Crippen LogP contribution in [0.1, 0.15) is 37.1 Å². The van der Waals surface area contributed by atoms with Crippen molar-refractivity contribution in [3.63, 3.8) is 0 Å². The lowest BCUT2D eigenvalue weighted by Crippen LogP contribution is -2.28. The van der Waals surface area contributed by atoms with Gasteiger partial charge in [0.15, 0.2) is 0 Å². The fourth-order valence-electron chi connectivity index (χ4n) is 1.43. The molecule has 76 valence electrons. The van der Waals surface area contributed by atoms with Crippen molar-refractivity contribution in [2.75, 3.05) is 0 Å². The lowest BCUT2D eigenvalue weighted by molar-refractivity contribution is 0.489. The molecule has 0 aromatic carbocycles. The maximum absolute atomic E-state index is 5.48. The molecule has 0 saturated carbocycles. The molecule has 1 unspecified atom stereocenters. The van der Waals surface area contributed by atoms with E-state index in [1.54, 1.807) is 6.26 Å². The highest BCUT2D eigenvalue weighted by Gasteiger charge is 2.12. The van der Waals surface area contributed by atoms with E-state index in [1.165, 1.54) is 0 Å². The quantitative estimate of drug-likeness (QED) is 0.435. The van der Waals surface area contributed by atoms with Crippen molar-refractivity contribution in [2.24, 2.45) is 5.84 Å². The van der Waals surface area contributed by atoms with E-state index in [-0.39, 0.29) is 6.04 Å². The van der Waals surface area contributed by atoms with Gasteiger partial charge in [0.05, 0.1) is 12.3 Å². The molecule has 0 aliphatic heterocycles. The second-order valence-corrected chi connectivity index (χ2v) is 3.12. The average molecular weight is 192 g/mol. The van der Waals surface area contributed by atoms with Crippen molar-refractivity contribution in [1.29, 1.82) is 0 Å². The molecule has 0 aliphatic carbocycles. The number of hydrogen-bond acceptors (Lipinski definition) is 3. The number of furan rings is 1. The van der Waals surface area contributed by atoms with Crippen LogP contribution in [0.3, 0.4) is 0 Å². The lowest BCUT2D eigenvalue weighted by Gasteiger charge is -2.13. The molecule has 0 fully saturated rings. The highest BCUT2D eigenvalue weighted by Crippen LogP contribution is 2.21. The molecule has 3 heteroatoms. The predicted molar refractivity (Wildman–Crippen MR) is 56.2 cm³/mol. The zero-order chi connectivity index (χ0) is 10.4. The molecule has 0 spiro atoms. The van der Waals surface area contributed by atoms with Crippen LogP contribution in [0.15, 0.2) is 16.7 Å². The molecular formula is C11H16N2O. The topological polar surface area (TPSA) is 51.2 Å². The summed E-state index contributed by atoms with van der Waals surface area (Å²) in [7, 11) is 0. The standard InChI is InChI=1S/C11H16N2O/c1-3-4-5-6-11(13-12)10-7-8-14-9(10)2/h7-8,11,13H,5-6,12H2,1-2H3. The minimum Gasteiger partial charge on any atom is -0.469 e. The maximum atomic E-state index is 5.48. The van der Waals surface area contributed by atoms with Gasteiger partial charge >= 0.3 is 0 Å². The van der Waals surface area contributed by atoms with Crippen LogP contribution < -0.4 is 11.3 Å². The molecule has 1 aromatic heterocycles. The lowest BCUT2D eigenvalue weighted by atomic mass is 10.0. The van der Waals surface area contributed by atoms with Gasteiger partial charge in [-0.3, -0.25) is 11.3 Å². The predicted octanol–water partition coefficient (Wildman–Crippen LogP) is 1.90. The second kappa shape index (κ2) is 5.48. The van der Waals surface area contributed by atoms with Crippen LogP contribution in [0.25, 0.3) is 0 Å². The number of nitrogens with one attached hydrogen (secondary N) is 1. The van der Waals surface area contributed by atoms with Crippen LogP contribution in [0, 0.1) is 18.8 Å². The number of nitrogens with two attached hydrogens (primary N) is 1. The Kier molecular flexibility index (Phi) is 4.24. The van der Waals surface area contributed by atoms with Gasteiger partial charge in [0, 0.05) is 12.0 Å². The van der Waals surface area contributed by atoms with Gasteiger partial charge in [-0.1, -0.05) is 0 Å². The molecule has 1 rings (SSSR count). The molecule has 0 saturated heterocycles.